The maximum absolute atomic E-state index is 2.52. The molecule has 0 aromatic carbocycles. The zero-order valence-corrected chi connectivity index (χ0v) is 12.1. The molecule has 2 aliphatic rings. The second-order valence-corrected chi connectivity index (χ2v) is 7.02. The van der Waals surface area contributed by atoms with Crippen LogP contribution < -0.4 is 0 Å². The molecule has 0 saturated heterocycles. The Morgan fingerprint density at radius 2 is 1.06 bits per heavy atom. The Bertz CT molecular complexity index is 311. The molecule has 0 heterocycles. The van der Waals surface area contributed by atoms with Gasteiger partial charge in [0.25, 0.3) is 0 Å². The van der Waals surface area contributed by atoms with Crippen molar-refractivity contribution < 1.29 is 17.1 Å². The first kappa shape index (κ1) is 13.0. The van der Waals surface area contributed by atoms with Gasteiger partial charge in [-0.3, -0.25) is 0 Å². The van der Waals surface area contributed by atoms with E-state index in [-0.39, 0.29) is 0 Å². The molecule has 0 N–H and O–H groups in total. The van der Waals surface area contributed by atoms with E-state index in [1.54, 1.807) is 8.33 Å². The number of allylic oxidation sites excluding steroid dienone is 8. The van der Waals surface area contributed by atoms with Gasteiger partial charge in [0.15, 0.2) is 0 Å². The summed E-state index contributed by atoms with van der Waals surface area (Å²) in [4.78, 5) is 0. The van der Waals surface area contributed by atoms with Crippen molar-refractivity contribution in [1.29, 1.82) is 0 Å². The molecule has 0 nitrogen and oxygen atoms in total. The molecule has 0 aliphatic heterocycles. The van der Waals surface area contributed by atoms with Gasteiger partial charge < -0.3 is 0 Å². The van der Waals surface area contributed by atoms with Crippen molar-refractivity contribution in [3.8, 4) is 0 Å². The quantitative estimate of drug-likeness (QED) is 0.491. The molecule has 0 unspecified atom stereocenters. The fraction of sp³-hybridized carbons (Fsp3) is 0.500. The topological polar surface area (TPSA) is 0 Å². The standard InChI is InChI=1S/2C8H11.Rh/c2*1-2-4-6-8-7-5-3-1;/h2*1-2,7H,3-6H2;/b2*2-1-,8-7?;. The molecule has 0 spiro atoms. The van der Waals surface area contributed by atoms with Crippen LogP contribution in [0.15, 0.2) is 44.8 Å². The third-order valence-electron chi connectivity index (χ3n) is 3.00. The number of rotatable bonds is 2. The normalized spacial score (nSPS) is 32.0. The molecule has 0 amide bonds. The summed E-state index contributed by atoms with van der Waals surface area (Å²) in [6, 6.07) is 0. The van der Waals surface area contributed by atoms with Crippen LogP contribution >= 0.6 is 0 Å². The van der Waals surface area contributed by atoms with Crippen LogP contribution in [-0.4, -0.2) is 0 Å². The van der Waals surface area contributed by atoms with E-state index in [2.05, 4.69) is 36.5 Å². The van der Waals surface area contributed by atoms with E-state index < -0.39 is 0 Å². The summed E-state index contributed by atoms with van der Waals surface area (Å²) >= 11 is 0.563. The molecule has 0 radical (unpaired) electrons. The SMILES string of the molecule is C1=C\CC/[C]([Rh]/[C]2=C/CC/C=C\CC2)=C\CC/1. The van der Waals surface area contributed by atoms with Crippen LogP contribution in [-0.2, 0) is 17.1 Å². The van der Waals surface area contributed by atoms with Gasteiger partial charge in [0.1, 0.15) is 0 Å². The Morgan fingerprint density at radius 1 is 0.588 bits per heavy atom. The molecule has 95 valence electrons. The predicted molar refractivity (Wildman–Crippen MR) is 71.4 cm³/mol. The van der Waals surface area contributed by atoms with E-state index in [1.165, 1.54) is 51.4 Å². The van der Waals surface area contributed by atoms with Crippen molar-refractivity contribution in [3.63, 3.8) is 0 Å². The molecular weight excluding hydrogens is 295 g/mol. The van der Waals surface area contributed by atoms with Gasteiger partial charge in [0.05, 0.1) is 0 Å². The van der Waals surface area contributed by atoms with Crippen molar-refractivity contribution >= 4 is 0 Å². The zero-order chi connectivity index (χ0) is 11.8. The van der Waals surface area contributed by atoms with Gasteiger partial charge in [-0.25, -0.2) is 0 Å². The monoisotopic (exact) mass is 317 g/mol. The first-order valence-electron chi connectivity index (χ1n) is 6.73. The minimum absolute atomic E-state index is 0.563. The van der Waals surface area contributed by atoms with Gasteiger partial charge in [-0.05, 0) is 0 Å². The van der Waals surface area contributed by atoms with Crippen molar-refractivity contribution in [3.05, 3.63) is 44.8 Å². The fourth-order valence-electron chi connectivity index (χ4n) is 2.05. The summed E-state index contributed by atoms with van der Waals surface area (Å²) in [5.74, 6) is 0. The second kappa shape index (κ2) is 7.82. The summed E-state index contributed by atoms with van der Waals surface area (Å²) < 4.78 is 3.48. The summed E-state index contributed by atoms with van der Waals surface area (Å²) in [7, 11) is 0. The van der Waals surface area contributed by atoms with E-state index in [1.807, 2.05) is 0 Å². The van der Waals surface area contributed by atoms with Crippen LogP contribution in [0.2, 0.25) is 0 Å². The average Bonchev–Trinajstić information content (AvgIpc) is 2.24. The van der Waals surface area contributed by atoms with Gasteiger partial charge in [-0.1, -0.05) is 0 Å². The summed E-state index contributed by atoms with van der Waals surface area (Å²) in [6.45, 7) is 0. The summed E-state index contributed by atoms with van der Waals surface area (Å²) in [5.41, 5.74) is 0. The molecule has 0 bridgehead atoms. The van der Waals surface area contributed by atoms with Crippen LogP contribution in [0.5, 0.6) is 0 Å². The van der Waals surface area contributed by atoms with Gasteiger partial charge in [-0.15, -0.1) is 0 Å². The summed E-state index contributed by atoms with van der Waals surface area (Å²) in [5, 5.41) is 0. The second-order valence-electron chi connectivity index (χ2n) is 4.50. The van der Waals surface area contributed by atoms with E-state index in [0.717, 1.165) is 0 Å². The number of hydrogen-bond acceptors (Lipinski definition) is 0. The van der Waals surface area contributed by atoms with Crippen molar-refractivity contribution in [2.24, 2.45) is 0 Å². The molecule has 0 fully saturated rings. The van der Waals surface area contributed by atoms with Crippen LogP contribution in [0.1, 0.15) is 51.4 Å². The van der Waals surface area contributed by atoms with E-state index >= 15 is 0 Å². The van der Waals surface area contributed by atoms with Crippen LogP contribution in [0.3, 0.4) is 0 Å². The number of hydrogen-bond donors (Lipinski definition) is 0. The molecule has 17 heavy (non-hydrogen) atoms. The van der Waals surface area contributed by atoms with Crippen molar-refractivity contribution in [2.75, 3.05) is 0 Å². The minimum atomic E-state index is 0.563. The molecular formula is C16H22Rh. The first-order chi connectivity index (χ1) is 8.45. The first-order valence-corrected chi connectivity index (χ1v) is 8.37. The van der Waals surface area contributed by atoms with E-state index in [9.17, 15) is 0 Å². The fourth-order valence-corrected chi connectivity index (χ4v) is 4.42. The Morgan fingerprint density at radius 3 is 1.59 bits per heavy atom. The van der Waals surface area contributed by atoms with Crippen LogP contribution in [0.4, 0.5) is 0 Å². The average molecular weight is 317 g/mol. The maximum atomic E-state index is 2.52. The molecule has 0 aromatic heterocycles. The van der Waals surface area contributed by atoms with Crippen molar-refractivity contribution in [2.45, 2.75) is 51.4 Å². The molecule has 0 saturated carbocycles. The van der Waals surface area contributed by atoms with Gasteiger partial charge >= 0.3 is 113 Å². The van der Waals surface area contributed by atoms with Crippen molar-refractivity contribution in [1.82, 2.24) is 0 Å². The Hall–Kier alpha value is -0.417. The van der Waals surface area contributed by atoms with Gasteiger partial charge in [0.2, 0.25) is 0 Å². The zero-order valence-electron chi connectivity index (χ0n) is 10.5. The van der Waals surface area contributed by atoms with E-state index in [4.69, 9.17) is 0 Å². The Balaban J connectivity index is 1.89. The third kappa shape index (κ3) is 5.17. The van der Waals surface area contributed by atoms with Crippen LogP contribution in [0, 0.1) is 0 Å². The van der Waals surface area contributed by atoms with Gasteiger partial charge in [-0.2, -0.15) is 0 Å². The Kier molecular flexibility index (Phi) is 5.99. The molecule has 0 atom stereocenters. The molecule has 2 rings (SSSR count). The third-order valence-corrected chi connectivity index (χ3v) is 5.55. The summed E-state index contributed by atoms with van der Waals surface area (Å²) in [6.07, 6.45) is 24.5. The van der Waals surface area contributed by atoms with E-state index in [0.29, 0.717) is 17.1 Å². The Labute approximate surface area is 113 Å². The molecule has 2 aliphatic carbocycles. The molecule has 1 heteroatoms. The van der Waals surface area contributed by atoms with Crippen LogP contribution in [0.25, 0.3) is 0 Å². The molecule has 0 aromatic rings. The van der Waals surface area contributed by atoms with Gasteiger partial charge in [0, 0.05) is 0 Å². The predicted octanol–water partition coefficient (Wildman–Crippen LogP) is 5.10.